The number of hydrogen-bond acceptors (Lipinski definition) is 3. The van der Waals surface area contributed by atoms with E-state index in [1.807, 2.05) is 0 Å². The molecule has 5 aromatic rings. The van der Waals surface area contributed by atoms with Gasteiger partial charge < -0.3 is 9.63 Å². The molecule has 5 rings (SSSR count). The first-order valence-electron chi connectivity index (χ1n) is 11.7. The number of aromatic hydroxyl groups is 1. The summed E-state index contributed by atoms with van der Waals surface area (Å²) >= 11 is 0. The molecule has 0 amide bonds. The van der Waals surface area contributed by atoms with E-state index < -0.39 is 7.82 Å². The Kier molecular flexibility index (Phi) is 12.2. The second-order valence-electron chi connectivity index (χ2n) is 7.79. The molecule has 0 aliphatic carbocycles. The highest BCUT2D eigenvalue weighted by Gasteiger charge is 2.15. The predicted molar refractivity (Wildman–Crippen MR) is 162 cm³/mol. The first-order chi connectivity index (χ1) is 18.4. The van der Waals surface area contributed by atoms with E-state index in [-0.39, 0.29) is 11.5 Å². The van der Waals surface area contributed by atoms with E-state index in [1.54, 1.807) is 0 Å². The lowest BCUT2D eigenvalue weighted by molar-refractivity contribution is 0.283. The Labute approximate surface area is 227 Å². The maximum Gasteiger partial charge on any atom is 0.524 e. The highest BCUT2D eigenvalue weighted by Crippen LogP contribution is 2.38. The van der Waals surface area contributed by atoms with Crippen LogP contribution in [0.2, 0.25) is 0 Å². The summed E-state index contributed by atoms with van der Waals surface area (Å²) in [4.78, 5) is 16.7. The van der Waals surface area contributed by atoms with Crippen LogP contribution in [0.5, 0.6) is 11.5 Å². The van der Waals surface area contributed by atoms with Gasteiger partial charge in [-0.15, -0.1) is 0 Å². The van der Waals surface area contributed by atoms with Gasteiger partial charge in [0.05, 0.1) is 0 Å². The van der Waals surface area contributed by atoms with Crippen LogP contribution in [0.3, 0.4) is 0 Å². The van der Waals surface area contributed by atoms with Crippen molar-refractivity contribution in [3.8, 4) is 11.5 Å². The SMILES string of the molecule is O=P(O)(O)Oc1cccc(O)c1.c1ccc(Pc2ccccc2)cc1.c1ccc(Pc2ccccc2)cc1. The zero-order chi connectivity index (χ0) is 27.1. The Morgan fingerprint density at radius 1 is 0.500 bits per heavy atom. The molecular weight excluding hydrogens is 533 g/mol. The molecule has 194 valence electrons. The molecule has 0 aliphatic rings. The Morgan fingerprint density at radius 3 is 1.13 bits per heavy atom. The Morgan fingerprint density at radius 2 is 0.842 bits per heavy atom. The second-order valence-corrected chi connectivity index (χ2v) is 11.8. The van der Waals surface area contributed by atoms with E-state index in [1.165, 1.54) is 39.4 Å². The molecule has 0 unspecified atom stereocenters. The first kappa shape index (κ1) is 29.3. The van der Waals surface area contributed by atoms with Crippen LogP contribution < -0.4 is 25.7 Å². The van der Waals surface area contributed by atoms with Gasteiger partial charge in [-0.2, -0.15) is 0 Å². The zero-order valence-electron chi connectivity index (χ0n) is 20.5. The van der Waals surface area contributed by atoms with Crippen LogP contribution in [0.1, 0.15) is 0 Å². The van der Waals surface area contributed by atoms with Crippen molar-refractivity contribution in [2.24, 2.45) is 0 Å². The summed E-state index contributed by atoms with van der Waals surface area (Å²) in [6.07, 6.45) is 0. The van der Waals surface area contributed by atoms with Gasteiger partial charge in [-0.25, -0.2) is 4.57 Å². The van der Waals surface area contributed by atoms with Crippen LogP contribution in [0.15, 0.2) is 146 Å². The fourth-order valence-electron chi connectivity index (χ4n) is 3.10. The maximum atomic E-state index is 10.3. The standard InChI is InChI=1S/2C12H11P.C6H7O5P/c2*1-3-7-11(8-4-1)13-12-9-5-2-6-10-12;7-5-2-1-3-6(4-5)11-12(8,9)10/h2*1-10,13H;1-4,7H,(H2,8,9,10). The van der Waals surface area contributed by atoms with Gasteiger partial charge >= 0.3 is 7.82 Å². The molecule has 0 fully saturated rings. The number of hydrogen-bond donors (Lipinski definition) is 3. The average molecular weight is 562 g/mol. The third-order valence-corrected chi connectivity index (χ3v) is 7.65. The average Bonchev–Trinajstić information content (AvgIpc) is 2.91. The summed E-state index contributed by atoms with van der Waals surface area (Å²) < 4.78 is 14.5. The van der Waals surface area contributed by atoms with Gasteiger partial charge in [0.25, 0.3) is 0 Å². The van der Waals surface area contributed by atoms with Crippen LogP contribution in [-0.4, -0.2) is 14.9 Å². The maximum absolute atomic E-state index is 10.3. The van der Waals surface area contributed by atoms with E-state index in [0.717, 1.165) is 23.2 Å². The van der Waals surface area contributed by atoms with Crippen molar-refractivity contribution in [3.05, 3.63) is 146 Å². The number of phenolic OH excluding ortho intramolecular Hbond substituents is 1. The van der Waals surface area contributed by atoms with Crippen molar-refractivity contribution in [3.63, 3.8) is 0 Å². The van der Waals surface area contributed by atoms with Crippen molar-refractivity contribution in [1.82, 2.24) is 0 Å². The van der Waals surface area contributed by atoms with E-state index in [4.69, 9.17) is 14.9 Å². The summed E-state index contributed by atoms with van der Waals surface area (Å²) in [7, 11) is -2.97. The molecule has 0 saturated carbocycles. The van der Waals surface area contributed by atoms with Crippen LogP contribution in [0, 0.1) is 0 Å². The number of phosphoric acid groups is 1. The molecule has 0 bridgehead atoms. The molecule has 5 aromatic carbocycles. The topological polar surface area (TPSA) is 87.0 Å². The molecule has 0 atom stereocenters. The quantitative estimate of drug-likeness (QED) is 0.238. The third-order valence-electron chi connectivity index (χ3n) is 4.71. The Balaban J connectivity index is 0.000000158. The summed E-state index contributed by atoms with van der Waals surface area (Å²) in [5.41, 5.74) is 0. The van der Waals surface area contributed by atoms with Crippen LogP contribution in [0.4, 0.5) is 0 Å². The molecule has 5 nitrogen and oxygen atoms in total. The van der Waals surface area contributed by atoms with Crippen molar-refractivity contribution >= 4 is 46.2 Å². The van der Waals surface area contributed by atoms with Crippen molar-refractivity contribution in [2.75, 3.05) is 0 Å². The van der Waals surface area contributed by atoms with Gasteiger partial charge in [-0.05, 0) is 33.4 Å². The van der Waals surface area contributed by atoms with Crippen molar-refractivity contribution in [1.29, 1.82) is 0 Å². The normalized spacial score (nSPS) is 10.3. The Bertz CT molecular complexity index is 1230. The van der Waals surface area contributed by atoms with Gasteiger partial charge in [-0.3, -0.25) is 9.79 Å². The van der Waals surface area contributed by atoms with E-state index in [2.05, 4.69) is 126 Å². The highest BCUT2D eigenvalue weighted by atomic mass is 31.2. The largest absolute Gasteiger partial charge is 0.524 e. The lowest BCUT2D eigenvalue weighted by atomic mass is 10.3. The fourth-order valence-corrected chi connectivity index (χ4v) is 5.59. The summed E-state index contributed by atoms with van der Waals surface area (Å²) in [5, 5.41) is 14.5. The van der Waals surface area contributed by atoms with Gasteiger partial charge in [0, 0.05) is 6.07 Å². The van der Waals surface area contributed by atoms with Crippen LogP contribution >= 0.6 is 25.0 Å². The van der Waals surface area contributed by atoms with E-state index >= 15 is 0 Å². The third kappa shape index (κ3) is 12.3. The molecule has 3 N–H and O–H groups in total. The number of rotatable bonds is 6. The molecule has 0 aliphatic heterocycles. The molecule has 0 saturated heterocycles. The number of phenols is 1. The van der Waals surface area contributed by atoms with E-state index in [9.17, 15) is 4.57 Å². The molecular formula is C30H29O5P3. The van der Waals surface area contributed by atoms with Gasteiger partial charge in [0.2, 0.25) is 0 Å². The molecule has 0 spiro atoms. The van der Waals surface area contributed by atoms with Crippen LogP contribution in [0.25, 0.3) is 0 Å². The monoisotopic (exact) mass is 562 g/mol. The lowest BCUT2D eigenvalue weighted by Gasteiger charge is -2.05. The molecule has 0 radical (unpaired) electrons. The minimum atomic E-state index is -4.52. The lowest BCUT2D eigenvalue weighted by Crippen LogP contribution is -2.01. The predicted octanol–water partition coefficient (Wildman–Crippen LogP) is 5.50. The molecule has 0 heterocycles. The molecule has 38 heavy (non-hydrogen) atoms. The molecule has 8 heteroatoms. The number of phosphoric ester groups is 1. The van der Waals surface area contributed by atoms with Crippen molar-refractivity contribution in [2.45, 2.75) is 0 Å². The first-order valence-corrected chi connectivity index (χ1v) is 15.2. The van der Waals surface area contributed by atoms with Crippen molar-refractivity contribution < 1.29 is 24.0 Å². The summed E-state index contributed by atoms with van der Waals surface area (Å²) in [5.74, 6) is -0.177. The molecule has 0 aromatic heterocycles. The van der Waals surface area contributed by atoms with Gasteiger partial charge in [0.15, 0.2) is 0 Å². The van der Waals surface area contributed by atoms with Crippen LogP contribution in [-0.2, 0) is 4.57 Å². The summed E-state index contributed by atoms with van der Waals surface area (Å²) in [6, 6.07) is 47.5. The fraction of sp³-hybridized carbons (Fsp3) is 0. The zero-order valence-corrected chi connectivity index (χ0v) is 23.4. The highest BCUT2D eigenvalue weighted by molar-refractivity contribution is 7.55. The minimum Gasteiger partial charge on any atom is -0.508 e. The Hall–Kier alpha value is -3.29. The van der Waals surface area contributed by atoms with Gasteiger partial charge in [0.1, 0.15) is 11.5 Å². The smallest absolute Gasteiger partial charge is 0.508 e. The van der Waals surface area contributed by atoms with E-state index in [0.29, 0.717) is 0 Å². The number of benzene rings is 5. The van der Waals surface area contributed by atoms with Gasteiger partial charge in [-0.1, -0.05) is 145 Å². The minimum absolute atomic E-state index is 0.0664. The second kappa shape index (κ2) is 15.8. The summed E-state index contributed by atoms with van der Waals surface area (Å²) in [6.45, 7) is 0.